The molecule has 1 aromatic heterocycles. The normalized spacial score (nSPS) is 10.7. The number of fused-ring (bicyclic) bond motifs is 1. The van der Waals surface area contributed by atoms with E-state index >= 15 is 0 Å². The number of nitro benzene ring substituents is 1. The molecule has 0 fully saturated rings. The Kier molecular flexibility index (Phi) is 7.21. The van der Waals surface area contributed by atoms with Crippen molar-refractivity contribution in [3.8, 4) is 5.75 Å². The third kappa shape index (κ3) is 5.50. The molecule has 11 nitrogen and oxygen atoms in total. The Labute approximate surface area is 181 Å². The van der Waals surface area contributed by atoms with Gasteiger partial charge in [-0.3, -0.25) is 24.3 Å². The van der Waals surface area contributed by atoms with Crippen LogP contribution in [0.3, 0.4) is 0 Å². The minimum Gasteiger partial charge on any atom is -0.496 e. The number of amides is 1. The number of nitrogens with zero attached hydrogens (tertiary/aromatic N) is 2. The fourth-order valence-corrected chi connectivity index (χ4v) is 3.07. The van der Waals surface area contributed by atoms with Crippen LogP contribution < -0.4 is 15.8 Å². The monoisotopic (exact) mass is 443 g/mol. The maximum Gasteiger partial charge on any atom is 0.419 e. The zero-order valence-electron chi connectivity index (χ0n) is 17.2. The number of carbonyl (C=O) groups is 2. The molecular formula is C21H21N3O8. The molecule has 0 aliphatic carbocycles. The first-order valence-electron chi connectivity index (χ1n) is 9.71. The van der Waals surface area contributed by atoms with Gasteiger partial charge in [0.1, 0.15) is 5.75 Å². The van der Waals surface area contributed by atoms with E-state index in [2.05, 4.69) is 5.32 Å². The first kappa shape index (κ1) is 22.5. The number of esters is 1. The molecule has 1 heterocycles. The van der Waals surface area contributed by atoms with Crippen molar-refractivity contribution in [2.75, 3.05) is 13.7 Å². The van der Waals surface area contributed by atoms with Crippen LogP contribution in [0, 0.1) is 10.1 Å². The lowest BCUT2D eigenvalue weighted by Crippen LogP contribution is -2.28. The number of benzene rings is 2. The van der Waals surface area contributed by atoms with Crippen molar-refractivity contribution < 1.29 is 28.4 Å². The summed E-state index contributed by atoms with van der Waals surface area (Å²) in [7, 11) is 1.53. The summed E-state index contributed by atoms with van der Waals surface area (Å²) in [5.41, 5.74) is 1.09. The van der Waals surface area contributed by atoms with Crippen molar-refractivity contribution >= 4 is 28.7 Å². The topological polar surface area (TPSA) is 143 Å². The van der Waals surface area contributed by atoms with Crippen molar-refractivity contribution in [2.24, 2.45) is 0 Å². The van der Waals surface area contributed by atoms with E-state index in [0.717, 1.165) is 5.56 Å². The molecule has 0 aliphatic heterocycles. The summed E-state index contributed by atoms with van der Waals surface area (Å²) in [5.74, 6) is -1.08. The fourth-order valence-electron chi connectivity index (χ4n) is 3.07. The number of nitro groups is 1. The van der Waals surface area contributed by atoms with Gasteiger partial charge in [0.15, 0.2) is 12.2 Å². The number of hydrogen-bond donors (Lipinski definition) is 1. The van der Waals surface area contributed by atoms with Gasteiger partial charge in [-0.1, -0.05) is 18.2 Å². The molecule has 0 saturated heterocycles. The van der Waals surface area contributed by atoms with Crippen LogP contribution >= 0.6 is 0 Å². The second-order valence-corrected chi connectivity index (χ2v) is 6.78. The van der Waals surface area contributed by atoms with Gasteiger partial charge in [-0.25, -0.2) is 4.79 Å². The Morgan fingerprint density at radius 3 is 2.75 bits per heavy atom. The average Bonchev–Trinajstić information content (AvgIpc) is 3.10. The smallest absolute Gasteiger partial charge is 0.419 e. The van der Waals surface area contributed by atoms with E-state index in [-0.39, 0.29) is 37.2 Å². The highest BCUT2D eigenvalue weighted by atomic mass is 16.6. The molecule has 11 heteroatoms. The van der Waals surface area contributed by atoms with Crippen LogP contribution in [-0.4, -0.2) is 35.1 Å². The second-order valence-electron chi connectivity index (χ2n) is 6.78. The highest BCUT2D eigenvalue weighted by Crippen LogP contribution is 2.20. The van der Waals surface area contributed by atoms with E-state index in [0.29, 0.717) is 11.3 Å². The zero-order chi connectivity index (χ0) is 23.1. The molecule has 0 saturated carbocycles. The molecule has 0 spiro atoms. The summed E-state index contributed by atoms with van der Waals surface area (Å²) in [6.07, 6.45) is 0.235. The fraction of sp³-hybridized carbons (Fsp3) is 0.286. The number of para-hydroxylation sites is 1. The molecule has 0 unspecified atom stereocenters. The van der Waals surface area contributed by atoms with E-state index in [1.807, 2.05) is 18.2 Å². The largest absolute Gasteiger partial charge is 0.496 e. The predicted octanol–water partition coefficient (Wildman–Crippen LogP) is 2.15. The van der Waals surface area contributed by atoms with Gasteiger partial charge in [0.25, 0.3) is 11.6 Å². The van der Waals surface area contributed by atoms with Crippen LogP contribution in [-0.2, 0) is 27.4 Å². The molecule has 3 aromatic rings. The van der Waals surface area contributed by atoms with Gasteiger partial charge in [0.05, 0.1) is 23.6 Å². The number of aromatic nitrogens is 1. The van der Waals surface area contributed by atoms with Crippen LogP contribution in [0.25, 0.3) is 11.1 Å². The molecule has 0 radical (unpaired) electrons. The van der Waals surface area contributed by atoms with Crippen LogP contribution in [0.15, 0.2) is 51.7 Å². The molecular weight excluding hydrogens is 422 g/mol. The summed E-state index contributed by atoms with van der Waals surface area (Å²) >= 11 is 0. The third-order valence-corrected chi connectivity index (χ3v) is 4.66. The molecule has 0 bridgehead atoms. The SMILES string of the molecule is COc1ccccc1CNC(=O)COC(=O)CCCn1c(=O)oc2cc([N+](=O)[O-])ccc21. The van der Waals surface area contributed by atoms with E-state index in [9.17, 15) is 24.5 Å². The van der Waals surface area contributed by atoms with E-state index < -0.39 is 29.2 Å². The lowest BCUT2D eigenvalue weighted by atomic mass is 10.2. The van der Waals surface area contributed by atoms with Gasteiger partial charge in [0, 0.05) is 31.1 Å². The summed E-state index contributed by atoms with van der Waals surface area (Å²) in [6.45, 7) is -0.0416. The van der Waals surface area contributed by atoms with Crippen molar-refractivity contribution in [3.63, 3.8) is 0 Å². The number of nitrogens with one attached hydrogen (secondary N) is 1. The number of hydrogen-bond acceptors (Lipinski definition) is 8. The Morgan fingerprint density at radius 1 is 1.22 bits per heavy atom. The van der Waals surface area contributed by atoms with E-state index in [1.54, 1.807) is 6.07 Å². The molecule has 2 aromatic carbocycles. The molecule has 0 atom stereocenters. The Morgan fingerprint density at radius 2 is 2.00 bits per heavy atom. The lowest BCUT2D eigenvalue weighted by molar-refractivity contribution is -0.384. The van der Waals surface area contributed by atoms with Crippen LogP contribution in [0.2, 0.25) is 0 Å². The van der Waals surface area contributed by atoms with E-state index in [1.165, 1.54) is 29.9 Å². The van der Waals surface area contributed by atoms with Crippen LogP contribution in [0.5, 0.6) is 5.75 Å². The van der Waals surface area contributed by atoms with Crippen molar-refractivity contribution in [3.05, 3.63) is 68.7 Å². The third-order valence-electron chi connectivity index (χ3n) is 4.66. The Hall–Kier alpha value is -4.15. The van der Waals surface area contributed by atoms with Gasteiger partial charge in [0.2, 0.25) is 0 Å². The summed E-state index contributed by atoms with van der Waals surface area (Å²) in [5, 5.41) is 13.5. The molecule has 3 rings (SSSR count). The van der Waals surface area contributed by atoms with Crippen LogP contribution in [0.1, 0.15) is 18.4 Å². The maximum absolute atomic E-state index is 12.0. The van der Waals surface area contributed by atoms with E-state index in [4.69, 9.17) is 13.9 Å². The molecule has 1 amide bonds. The first-order chi connectivity index (χ1) is 15.4. The number of rotatable bonds is 10. The van der Waals surface area contributed by atoms with Crippen molar-refractivity contribution in [1.82, 2.24) is 9.88 Å². The van der Waals surface area contributed by atoms with Gasteiger partial charge < -0.3 is 19.2 Å². The summed E-state index contributed by atoms with van der Waals surface area (Å²) in [6, 6.07) is 11.1. The highest BCUT2D eigenvalue weighted by Gasteiger charge is 2.15. The average molecular weight is 443 g/mol. The molecule has 1 N–H and O–H groups in total. The maximum atomic E-state index is 12.0. The van der Waals surface area contributed by atoms with Gasteiger partial charge in [-0.2, -0.15) is 0 Å². The zero-order valence-corrected chi connectivity index (χ0v) is 17.2. The van der Waals surface area contributed by atoms with Gasteiger partial charge in [-0.15, -0.1) is 0 Å². The standard InChI is InChI=1S/C21H21N3O8/c1-30-17-6-3-2-5-14(17)12-22-19(25)13-31-20(26)7-4-10-23-16-9-8-15(24(28)29)11-18(16)32-21(23)27/h2-3,5-6,8-9,11H,4,7,10,12-13H2,1H3,(H,22,25). The number of aryl methyl sites for hydroxylation is 1. The molecule has 168 valence electrons. The van der Waals surface area contributed by atoms with Crippen molar-refractivity contribution in [1.29, 1.82) is 0 Å². The van der Waals surface area contributed by atoms with Gasteiger partial charge >= 0.3 is 11.7 Å². The summed E-state index contributed by atoms with van der Waals surface area (Å²) in [4.78, 5) is 46.1. The quantitative estimate of drug-likeness (QED) is 0.285. The number of methoxy groups -OCH3 is 1. The number of ether oxygens (including phenoxy) is 2. The Balaban J connectivity index is 1.44. The minimum atomic E-state index is -0.676. The van der Waals surface area contributed by atoms with Crippen LogP contribution in [0.4, 0.5) is 5.69 Å². The predicted molar refractivity (Wildman–Crippen MR) is 112 cm³/mol. The van der Waals surface area contributed by atoms with Crippen molar-refractivity contribution in [2.45, 2.75) is 25.9 Å². The number of non-ortho nitro benzene ring substituents is 1. The molecule has 32 heavy (non-hydrogen) atoms. The summed E-state index contributed by atoms with van der Waals surface area (Å²) < 4.78 is 16.5. The minimum absolute atomic E-state index is 0.0219. The first-order valence-corrected chi connectivity index (χ1v) is 9.71. The Bertz CT molecular complexity index is 1200. The second kappa shape index (κ2) is 10.2. The number of carbonyl (C=O) groups excluding carboxylic acids is 2. The van der Waals surface area contributed by atoms with Gasteiger partial charge in [-0.05, 0) is 18.6 Å². The molecule has 0 aliphatic rings. The number of oxazole rings is 1. The highest BCUT2D eigenvalue weighted by molar-refractivity contribution is 5.80. The lowest BCUT2D eigenvalue weighted by Gasteiger charge is -2.10.